The molecule has 1 heterocycles. The van der Waals surface area contributed by atoms with Gasteiger partial charge >= 0.3 is 0 Å². The molecule has 0 aliphatic carbocycles. The Labute approximate surface area is 135 Å². The lowest BCUT2D eigenvalue weighted by molar-refractivity contribution is -0.127. The van der Waals surface area contributed by atoms with Crippen molar-refractivity contribution in [3.8, 4) is 5.75 Å². The molecule has 0 bridgehead atoms. The summed E-state index contributed by atoms with van der Waals surface area (Å²) in [5.41, 5.74) is 0. The molecule has 0 radical (unpaired) electrons. The Balaban J connectivity index is 1.86. The highest BCUT2D eigenvalue weighted by molar-refractivity contribution is 6.42. The minimum atomic E-state index is -0.618. The van der Waals surface area contributed by atoms with E-state index in [1.54, 1.807) is 25.1 Å². The van der Waals surface area contributed by atoms with Crippen LogP contribution in [0, 0.1) is 0 Å². The molecule has 1 saturated heterocycles. The summed E-state index contributed by atoms with van der Waals surface area (Å²) in [6.07, 6.45) is 1.68. The van der Waals surface area contributed by atoms with Crippen LogP contribution in [0.4, 0.5) is 0 Å². The van der Waals surface area contributed by atoms with Crippen LogP contribution in [0.2, 0.25) is 10.0 Å². The Morgan fingerprint density at radius 1 is 1.52 bits per heavy atom. The van der Waals surface area contributed by atoms with Gasteiger partial charge in [0.05, 0.1) is 5.02 Å². The maximum atomic E-state index is 12.1. The molecule has 2 atom stereocenters. The zero-order valence-corrected chi connectivity index (χ0v) is 13.7. The molecule has 0 unspecified atom stereocenters. The van der Waals surface area contributed by atoms with Crippen LogP contribution < -0.4 is 10.1 Å². The average molecular weight is 331 g/mol. The van der Waals surface area contributed by atoms with Crippen molar-refractivity contribution in [2.45, 2.75) is 31.9 Å². The molecule has 1 aromatic carbocycles. The number of likely N-dealkylation sites (tertiary alicyclic amines) is 1. The molecule has 1 aromatic rings. The lowest BCUT2D eigenvalue weighted by atomic mass is 10.2. The molecule has 21 heavy (non-hydrogen) atoms. The van der Waals surface area contributed by atoms with Crippen LogP contribution in [0.25, 0.3) is 0 Å². The number of amides is 1. The molecular formula is C15H20Cl2N2O2. The van der Waals surface area contributed by atoms with Crippen LogP contribution in [0.3, 0.4) is 0 Å². The van der Waals surface area contributed by atoms with Crippen LogP contribution in [0.15, 0.2) is 18.2 Å². The summed E-state index contributed by atoms with van der Waals surface area (Å²) in [4.78, 5) is 14.3. The molecule has 1 amide bonds. The summed E-state index contributed by atoms with van der Waals surface area (Å²) < 4.78 is 5.59. The Bertz CT molecular complexity index is 510. The van der Waals surface area contributed by atoms with E-state index in [1.165, 1.54) is 6.42 Å². The second-order valence-electron chi connectivity index (χ2n) is 5.33. The third kappa shape index (κ3) is 4.25. The lowest BCUT2D eigenvalue weighted by Crippen LogP contribution is -2.43. The molecular weight excluding hydrogens is 311 g/mol. The van der Waals surface area contributed by atoms with Gasteiger partial charge in [0.15, 0.2) is 6.10 Å². The molecule has 0 saturated carbocycles. The van der Waals surface area contributed by atoms with E-state index in [1.807, 2.05) is 0 Å². The summed E-state index contributed by atoms with van der Waals surface area (Å²) in [6, 6.07) is 5.53. The van der Waals surface area contributed by atoms with Gasteiger partial charge in [-0.25, -0.2) is 0 Å². The fourth-order valence-corrected chi connectivity index (χ4v) is 2.75. The largest absolute Gasteiger partial charge is 0.479 e. The highest BCUT2D eigenvalue weighted by Crippen LogP contribution is 2.32. The van der Waals surface area contributed by atoms with Crippen molar-refractivity contribution in [3.63, 3.8) is 0 Å². The Morgan fingerprint density at radius 3 is 2.95 bits per heavy atom. The predicted octanol–water partition coefficient (Wildman–Crippen LogP) is 2.97. The van der Waals surface area contributed by atoms with Gasteiger partial charge < -0.3 is 15.0 Å². The first-order valence-corrected chi connectivity index (χ1v) is 7.83. The normalized spacial score (nSPS) is 20.3. The Morgan fingerprint density at radius 2 is 2.29 bits per heavy atom. The summed E-state index contributed by atoms with van der Waals surface area (Å²) in [7, 11) is 2.08. The smallest absolute Gasteiger partial charge is 0.260 e. The SMILES string of the molecule is C[C@@H](Oc1cccc(Cl)c1Cl)C(=O)NC[C@H]1CCCN1C. The zero-order chi connectivity index (χ0) is 15.4. The Hall–Kier alpha value is -0.970. The highest BCUT2D eigenvalue weighted by Gasteiger charge is 2.23. The fraction of sp³-hybridized carbons (Fsp3) is 0.533. The topological polar surface area (TPSA) is 41.6 Å². The van der Waals surface area contributed by atoms with Gasteiger partial charge in [0, 0.05) is 12.6 Å². The Kier molecular flexibility index (Phi) is 5.73. The van der Waals surface area contributed by atoms with E-state index in [4.69, 9.17) is 27.9 Å². The summed E-state index contributed by atoms with van der Waals surface area (Å²) in [6.45, 7) is 3.43. The van der Waals surface area contributed by atoms with Crippen LogP contribution in [0.5, 0.6) is 5.75 Å². The molecule has 4 nitrogen and oxygen atoms in total. The van der Waals surface area contributed by atoms with Gasteiger partial charge in [0.2, 0.25) is 0 Å². The number of hydrogen-bond acceptors (Lipinski definition) is 3. The first kappa shape index (κ1) is 16.4. The number of carbonyl (C=O) groups is 1. The molecule has 1 N–H and O–H groups in total. The number of rotatable bonds is 5. The molecule has 0 aromatic heterocycles. The summed E-state index contributed by atoms with van der Waals surface area (Å²) >= 11 is 12.0. The van der Waals surface area contributed by atoms with E-state index in [2.05, 4.69) is 17.3 Å². The van der Waals surface area contributed by atoms with Crippen LogP contribution >= 0.6 is 23.2 Å². The maximum absolute atomic E-state index is 12.1. The number of halogens is 2. The van der Waals surface area contributed by atoms with E-state index in [0.29, 0.717) is 28.4 Å². The third-order valence-electron chi connectivity index (χ3n) is 3.77. The minimum absolute atomic E-state index is 0.147. The summed E-state index contributed by atoms with van der Waals surface area (Å²) in [5.74, 6) is 0.274. The van der Waals surface area contributed by atoms with Crippen molar-refractivity contribution in [1.82, 2.24) is 10.2 Å². The number of benzene rings is 1. The average Bonchev–Trinajstić information content (AvgIpc) is 2.86. The van der Waals surface area contributed by atoms with Gasteiger partial charge in [-0.15, -0.1) is 0 Å². The fourth-order valence-electron chi connectivity index (χ4n) is 2.42. The molecule has 1 aliphatic heterocycles. The van der Waals surface area contributed by atoms with Crippen molar-refractivity contribution in [3.05, 3.63) is 28.2 Å². The second-order valence-corrected chi connectivity index (χ2v) is 6.12. The number of hydrogen-bond donors (Lipinski definition) is 1. The lowest BCUT2D eigenvalue weighted by Gasteiger charge is -2.21. The van der Waals surface area contributed by atoms with E-state index < -0.39 is 6.10 Å². The molecule has 1 fully saturated rings. The first-order valence-electron chi connectivity index (χ1n) is 7.07. The number of ether oxygens (including phenoxy) is 1. The van der Waals surface area contributed by atoms with E-state index >= 15 is 0 Å². The van der Waals surface area contributed by atoms with Gasteiger partial charge in [-0.3, -0.25) is 4.79 Å². The highest BCUT2D eigenvalue weighted by atomic mass is 35.5. The standard InChI is InChI=1S/C15H20Cl2N2O2/c1-10(21-13-7-3-6-12(16)14(13)17)15(20)18-9-11-5-4-8-19(11)2/h3,6-7,10-11H,4-5,8-9H2,1-2H3,(H,18,20)/t10-,11-/m1/s1. The molecule has 2 rings (SSSR count). The number of nitrogens with zero attached hydrogens (tertiary/aromatic N) is 1. The quantitative estimate of drug-likeness (QED) is 0.902. The van der Waals surface area contributed by atoms with E-state index in [-0.39, 0.29) is 5.91 Å². The monoisotopic (exact) mass is 330 g/mol. The molecule has 116 valence electrons. The van der Waals surface area contributed by atoms with Crippen molar-refractivity contribution in [2.24, 2.45) is 0 Å². The van der Waals surface area contributed by atoms with Crippen LogP contribution in [-0.2, 0) is 4.79 Å². The van der Waals surface area contributed by atoms with Gasteiger partial charge in [0.25, 0.3) is 5.91 Å². The maximum Gasteiger partial charge on any atom is 0.260 e. The van der Waals surface area contributed by atoms with Crippen molar-refractivity contribution < 1.29 is 9.53 Å². The summed E-state index contributed by atoms with van der Waals surface area (Å²) in [5, 5.41) is 3.67. The molecule has 0 spiro atoms. The van der Waals surface area contributed by atoms with E-state index in [0.717, 1.165) is 13.0 Å². The van der Waals surface area contributed by atoms with Gasteiger partial charge in [-0.05, 0) is 45.5 Å². The van der Waals surface area contributed by atoms with Crippen LogP contribution in [-0.4, -0.2) is 43.1 Å². The second kappa shape index (κ2) is 7.34. The first-order chi connectivity index (χ1) is 9.99. The third-order valence-corrected chi connectivity index (χ3v) is 4.57. The number of carbonyl (C=O) groups excluding carboxylic acids is 1. The molecule has 1 aliphatic rings. The van der Waals surface area contributed by atoms with Gasteiger partial charge in [-0.1, -0.05) is 29.3 Å². The van der Waals surface area contributed by atoms with Crippen molar-refractivity contribution in [2.75, 3.05) is 20.1 Å². The van der Waals surface area contributed by atoms with E-state index in [9.17, 15) is 4.79 Å². The zero-order valence-electron chi connectivity index (χ0n) is 12.2. The number of likely N-dealkylation sites (N-methyl/N-ethyl adjacent to an activating group) is 1. The van der Waals surface area contributed by atoms with Crippen LogP contribution in [0.1, 0.15) is 19.8 Å². The van der Waals surface area contributed by atoms with Crippen molar-refractivity contribution >= 4 is 29.1 Å². The number of nitrogens with one attached hydrogen (secondary N) is 1. The van der Waals surface area contributed by atoms with Crippen molar-refractivity contribution in [1.29, 1.82) is 0 Å². The van der Waals surface area contributed by atoms with Gasteiger partial charge in [0.1, 0.15) is 10.8 Å². The van der Waals surface area contributed by atoms with Gasteiger partial charge in [-0.2, -0.15) is 0 Å². The molecule has 6 heteroatoms. The predicted molar refractivity (Wildman–Crippen MR) is 85.2 cm³/mol. The minimum Gasteiger partial charge on any atom is -0.479 e.